The Bertz CT molecular complexity index is 1100. The Hall–Kier alpha value is -2.70. The van der Waals surface area contributed by atoms with Crippen LogP contribution in [0.3, 0.4) is 0 Å². The Morgan fingerprint density at radius 1 is 1.19 bits per heavy atom. The van der Waals surface area contributed by atoms with Crippen LogP contribution >= 0.6 is 11.6 Å². The second-order valence-corrected chi connectivity index (χ2v) is 8.37. The van der Waals surface area contributed by atoms with Gasteiger partial charge in [0.05, 0.1) is 17.7 Å². The van der Waals surface area contributed by atoms with Gasteiger partial charge in [-0.3, -0.25) is 9.69 Å². The Balaban J connectivity index is 1.70. The van der Waals surface area contributed by atoms with Crippen molar-refractivity contribution in [3.63, 3.8) is 0 Å². The zero-order valence-corrected chi connectivity index (χ0v) is 18.6. The van der Waals surface area contributed by atoms with E-state index in [4.69, 9.17) is 20.8 Å². The number of phenols is 1. The number of benzene rings is 2. The molecular weight excluding hydrogens is 416 g/mol. The average Bonchev–Trinajstić information content (AvgIpc) is 2.89. The lowest BCUT2D eigenvalue weighted by molar-refractivity contribution is 0.102. The summed E-state index contributed by atoms with van der Waals surface area (Å²) in [6.07, 6.45) is 4.75. The lowest BCUT2D eigenvalue weighted by Gasteiger charge is -2.21. The van der Waals surface area contributed by atoms with E-state index in [1.54, 1.807) is 44.4 Å². The quantitative estimate of drug-likeness (QED) is 0.527. The van der Waals surface area contributed by atoms with E-state index in [0.29, 0.717) is 45.3 Å². The van der Waals surface area contributed by atoms with Crippen molar-refractivity contribution < 1.29 is 19.1 Å². The topological polar surface area (TPSA) is 74.9 Å². The molecule has 3 aromatic rings. The number of halogens is 1. The molecule has 7 heteroatoms. The monoisotopic (exact) mass is 442 g/mol. The summed E-state index contributed by atoms with van der Waals surface area (Å²) in [7, 11) is 1.54. The van der Waals surface area contributed by atoms with Crippen LogP contribution in [-0.4, -0.2) is 36.1 Å². The molecule has 4 rings (SSSR count). The highest BCUT2D eigenvalue weighted by Crippen LogP contribution is 2.36. The number of aromatic hydroxyl groups is 1. The molecule has 6 nitrogen and oxygen atoms in total. The SMILES string of the molecule is COc1ccc(NC(=O)c2c(C)oc3ccc(O)c(CN4CCCCCC4)c23)cc1Cl. The zero-order valence-electron chi connectivity index (χ0n) is 17.8. The molecule has 0 aliphatic carbocycles. The van der Waals surface area contributed by atoms with Crippen LogP contribution in [0.4, 0.5) is 5.69 Å². The summed E-state index contributed by atoms with van der Waals surface area (Å²) in [6.45, 7) is 4.32. The predicted molar refractivity (Wildman–Crippen MR) is 122 cm³/mol. The van der Waals surface area contributed by atoms with Crippen LogP contribution in [0, 0.1) is 6.92 Å². The summed E-state index contributed by atoms with van der Waals surface area (Å²) >= 11 is 6.20. The van der Waals surface area contributed by atoms with E-state index in [-0.39, 0.29) is 11.7 Å². The smallest absolute Gasteiger partial charge is 0.259 e. The first-order chi connectivity index (χ1) is 15.0. The van der Waals surface area contributed by atoms with Crippen molar-refractivity contribution in [2.75, 3.05) is 25.5 Å². The second kappa shape index (κ2) is 9.20. The lowest BCUT2D eigenvalue weighted by Crippen LogP contribution is -2.24. The number of hydrogen-bond donors (Lipinski definition) is 2. The highest BCUT2D eigenvalue weighted by molar-refractivity contribution is 6.32. The summed E-state index contributed by atoms with van der Waals surface area (Å²) < 4.78 is 11.1. The van der Waals surface area contributed by atoms with E-state index in [1.165, 1.54) is 12.8 Å². The molecule has 1 saturated heterocycles. The van der Waals surface area contributed by atoms with Gasteiger partial charge >= 0.3 is 0 Å². The van der Waals surface area contributed by atoms with Gasteiger partial charge in [-0.2, -0.15) is 0 Å². The molecule has 0 radical (unpaired) electrons. The number of aryl methyl sites for hydroxylation is 1. The van der Waals surface area contributed by atoms with Gasteiger partial charge in [-0.15, -0.1) is 0 Å². The molecule has 1 fully saturated rings. The fourth-order valence-corrected chi connectivity index (χ4v) is 4.51. The van der Waals surface area contributed by atoms with Crippen LogP contribution < -0.4 is 10.1 Å². The first kappa shape index (κ1) is 21.5. The minimum Gasteiger partial charge on any atom is -0.508 e. The largest absolute Gasteiger partial charge is 0.508 e. The zero-order chi connectivity index (χ0) is 22.0. The number of likely N-dealkylation sites (tertiary alicyclic amines) is 1. The molecule has 0 unspecified atom stereocenters. The third kappa shape index (κ3) is 4.50. The van der Waals surface area contributed by atoms with E-state index in [9.17, 15) is 9.90 Å². The Morgan fingerprint density at radius 2 is 1.94 bits per heavy atom. The first-order valence-electron chi connectivity index (χ1n) is 10.6. The molecule has 0 bridgehead atoms. The maximum atomic E-state index is 13.2. The predicted octanol–water partition coefficient (Wildman–Crippen LogP) is 5.74. The van der Waals surface area contributed by atoms with Crippen LogP contribution in [0.25, 0.3) is 11.0 Å². The van der Waals surface area contributed by atoms with Gasteiger partial charge in [0.1, 0.15) is 22.8 Å². The molecule has 1 aromatic heterocycles. The van der Waals surface area contributed by atoms with Crippen molar-refractivity contribution in [1.82, 2.24) is 4.90 Å². The normalized spacial score (nSPS) is 15.1. The Morgan fingerprint density at radius 3 is 2.61 bits per heavy atom. The Labute approximate surface area is 186 Å². The van der Waals surface area contributed by atoms with E-state index in [2.05, 4.69) is 10.2 Å². The van der Waals surface area contributed by atoms with Crippen molar-refractivity contribution in [3.05, 3.63) is 52.2 Å². The number of ether oxygens (including phenoxy) is 1. The van der Waals surface area contributed by atoms with Gasteiger partial charge in [-0.05, 0) is 63.2 Å². The maximum absolute atomic E-state index is 13.2. The minimum atomic E-state index is -0.305. The molecule has 164 valence electrons. The van der Waals surface area contributed by atoms with Crippen molar-refractivity contribution in [2.24, 2.45) is 0 Å². The van der Waals surface area contributed by atoms with Gasteiger partial charge < -0.3 is 19.6 Å². The fraction of sp³-hybridized carbons (Fsp3) is 0.375. The van der Waals surface area contributed by atoms with E-state index >= 15 is 0 Å². The van der Waals surface area contributed by atoms with Gasteiger partial charge in [0.2, 0.25) is 0 Å². The van der Waals surface area contributed by atoms with Crippen LogP contribution in [0.15, 0.2) is 34.7 Å². The molecule has 1 amide bonds. The number of nitrogens with zero attached hydrogens (tertiary/aromatic N) is 1. The number of carbonyl (C=O) groups excluding carboxylic acids is 1. The highest BCUT2D eigenvalue weighted by Gasteiger charge is 2.24. The molecule has 1 aliphatic heterocycles. The van der Waals surface area contributed by atoms with E-state index in [1.807, 2.05) is 0 Å². The van der Waals surface area contributed by atoms with Crippen LogP contribution in [0.5, 0.6) is 11.5 Å². The highest BCUT2D eigenvalue weighted by atomic mass is 35.5. The number of fused-ring (bicyclic) bond motifs is 1. The summed E-state index contributed by atoms with van der Waals surface area (Å²) in [6, 6.07) is 8.43. The third-order valence-corrected chi connectivity index (χ3v) is 6.13. The van der Waals surface area contributed by atoms with Crippen molar-refractivity contribution in [2.45, 2.75) is 39.2 Å². The second-order valence-electron chi connectivity index (χ2n) is 7.96. The van der Waals surface area contributed by atoms with E-state index in [0.717, 1.165) is 31.5 Å². The lowest BCUT2D eigenvalue weighted by atomic mass is 10.0. The van der Waals surface area contributed by atoms with Crippen molar-refractivity contribution in [1.29, 1.82) is 0 Å². The van der Waals surface area contributed by atoms with Gasteiger partial charge in [-0.25, -0.2) is 0 Å². The number of furan rings is 1. The molecule has 1 aliphatic rings. The third-order valence-electron chi connectivity index (χ3n) is 5.83. The molecule has 0 atom stereocenters. The van der Waals surface area contributed by atoms with Gasteiger partial charge in [0, 0.05) is 23.2 Å². The van der Waals surface area contributed by atoms with Crippen LogP contribution in [0.1, 0.15) is 47.4 Å². The molecular formula is C24H27ClN2O4. The summed E-state index contributed by atoms with van der Waals surface area (Å²) in [5.41, 5.74) is 2.31. The molecule has 2 heterocycles. The number of methoxy groups -OCH3 is 1. The van der Waals surface area contributed by atoms with Gasteiger partial charge in [0.25, 0.3) is 5.91 Å². The van der Waals surface area contributed by atoms with E-state index < -0.39 is 0 Å². The van der Waals surface area contributed by atoms with Crippen molar-refractivity contribution in [3.8, 4) is 11.5 Å². The number of phenolic OH excluding ortho intramolecular Hbond substituents is 1. The fourth-order valence-electron chi connectivity index (χ4n) is 4.26. The molecule has 2 N–H and O–H groups in total. The summed E-state index contributed by atoms with van der Waals surface area (Å²) in [5, 5.41) is 14.6. The molecule has 2 aromatic carbocycles. The first-order valence-corrected chi connectivity index (χ1v) is 11.0. The summed E-state index contributed by atoms with van der Waals surface area (Å²) in [4.78, 5) is 15.6. The number of carbonyl (C=O) groups is 1. The van der Waals surface area contributed by atoms with Gasteiger partial charge in [0.15, 0.2) is 0 Å². The number of anilines is 1. The van der Waals surface area contributed by atoms with Crippen molar-refractivity contribution >= 4 is 34.2 Å². The number of nitrogens with one attached hydrogen (secondary N) is 1. The van der Waals surface area contributed by atoms with Crippen LogP contribution in [0.2, 0.25) is 5.02 Å². The minimum absolute atomic E-state index is 0.180. The average molecular weight is 443 g/mol. The van der Waals surface area contributed by atoms with Crippen LogP contribution in [-0.2, 0) is 6.54 Å². The number of rotatable bonds is 5. The maximum Gasteiger partial charge on any atom is 0.259 e. The standard InChI is InChI=1S/C24H27ClN2O4/c1-15-22(24(29)26-16-7-9-20(30-2)18(25)13-16)23-17(19(28)8-10-21(23)31-15)14-27-11-5-3-4-6-12-27/h7-10,13,28H,3-6,11-12,14H2,1-2H3,(H,26,29). The summed E-state index contributed by atoms with van der Waals surface area (Å²) in [5.74, 6) is 0.920. The Kier molecular flexibility index (Phi) is 6.39. The number of hydrogen-bond acceptors (Lipinski definition) is 5. The molecule has 31 heavy (non-hydrogen) atoms. The van der Waals surface area contributed by atoms with Gasteiger partial charge in [-0.1, -0.05) is 24.4 Å². The molecule has 0 saturated carbocycles. The number of amides is 1. The molecule has 0 spiro atoms.